The maximum Gasteiger partial charge on any atom is 0.127 e. The molecule has 0 aliphatic carbocycles. The summed E-state index contributed by atoms with van der Waals surface area (Å²) in [6.07, 6.45) is 0. The van der Waals surface area contributed by atoms with Crippen LogP contribution in [0, 0.1) is 6.92 Å². The maximum absolute atomic E-state index is 6.38. The maximum atomic E-state index is 6.38. The highest BCUT2D eigenvalue weighted by Crippen LogP contribution is 2.40. The van der Waals surface area contributed by atoms with Crippen molar-refractivity contribution in [3.8, 4) is 11.5 Å². The summed E-state index contributed by atoms with van der Waals surface area (Å²) in [6.45, 7) is 2.05. The summed E-state index contributed by atoms with van der Waals surface area (Å²) >= 11 is 5.16. The van der Waals surface area contributed by atoms with Crippen molar-refractivity contribution in [2.75, 3.05) is 14.2 Å². The summed E-state index contributed by atoms with van der Waals surface area (Å²) in [5.41, 5.74) is 8.44. The van der Waals surface area contributed by atoms with E-state index < -0.39 is 0 Å². The van der Waals surface area contributed by atoms with Crippen LogP contribution in [-0.2, 0) is 0 Å². The Morgan fingerprint density at radius 1 is 1.21 bits per heavy atom. The molecule has 0 bridgehead atoms. The lowest BCUT2D eigenvalue weighted by Gasteiger charge is -2.17. The zero-order valence-electron chi connectivity index (χ0n) is 11.1. The molecule has 1 aromatic heterocycles. The van der Waals surface area contributed by atoms with Crippen molar-refractivity contribution in [2.24, 2.45) is 5.73 Å². The molecule has 0 spiro atoms. The van der Waals surface area contributed by atoms with Crippen LogP contribution in [-0.4, -0.2) is 14.2 Å². The van der Waals surface area contributed by atoms with Crippen LogP contribution in [0.4, 0.5) is 0 Å². The second kappa shape index (κ2) is 5.94. The Kier molecular flexibility index (Phi) is 4.50. The number of thiophene rings is 1. The van der Waals surface area contributed by atoms with Crippen molar-refractivity contribution >= 4 is 27.3 Å². The van der Waals surface area contributed by atoms with Crippen LogP contribution in [0.5, 0.6) is 11.5 Å². The van der Waals surface area contributed by atoms with E-state index in [-0.39, 0.29) is 6.04 Å². The molecular formula is C14H16BrNO2S. The normalized spacial score (nSPS) is 12.3. The standard InChI is InChI=1S/C14H16BrNO2S/c1-8-7-11(19-14(8)15)13(16)12-9(17-2)5-4-6-10(12)18-3/h4-7,13H,16H2,1-3H3. The average molecular weight is 342 g/mol. The molecule has 0 fully saturated rings. The summed E-state index contributed by atoms with van der Waals surface area (Å²) in [4.78, 5) is 1.08. The first kappa shape index (κ1) is 14.4. The van der Waals surface area contributed by atoms with Crippen LogP contribution in [0.3, 0.4) is 0 Å². The molecular weight excluding hydrogens is 326 g/mol. The molecule has 1 heterocycles. The minimum atomic E-state index is -0.263. The molecule has 2 rings (SSSR count). The van der Waals surface area contributed by atoms with Gasteiger partial charge in [-0.05, 0) is 46.6 Å². The topological polar surface area (TPSA) is 44.5 Å². The molecule has 1 atom stereocenters. The van der Waals surface area contributed by atoms with Gasteiger partial charge >= 0.3 is 0 Å². The lowest BCUT2D eigenvalue weighted by atomic mass is 10.0. The van der Waals surface area contributed by atoms with Crippen molar-refractivity contribution in [1.82, 2.24) is 0 Å². The summed E-state index contributed by atoms with van der Waals surface area (Å²) in [5, 5.41) is 0. The lowest BCUT2D eigenvalue weighted by molar-refractivity contribution is 0.382. The minimum Gasteiger partial charge on any atom is -0.496 e. The van der Waals surface area contributed by atoms with E-state index in [1.54, 1.807) is 25.6 Å². The quantitative estimate of drug-likeness (QED) is 0.917. The molecule has 3 nitrogen and oxygen atoms in total. The van der Waals surface area contributed by atoms with Crippen molar-refractivity contribution in [2.45, 2.75) is 13.0 Å². The van der Waals surface area contributed by atoms with Gasteiger partial charge in [-0.3, -0.25) is 0 Å². The Bertz CT molecular complexity index is 541. The smallest absolute Gasteiger partial charge is 0.127 e. The van der Waals surface area contributed by atoms with Gasteiger partial charge < -0.3 is 15.2 Å². The SMILES string of the molecule is COc1cccc(OC)c1C(N)c1cc(C)c(Br)s1. The number of nitrogens with two attached hydrogens (primary N) is 1. The van der Waals surface area contributed by atoms with Gasteiger partial charge in [-0.1, -0.05) is 6.07 Å². The Balaban J connectivity index is 2.50. The average Bonchev–Trinajstić information content (AvgIpc) is 2.76. The van der Waals surface area contributed by atoms with Crippen molar-refractivity contribution in [3.05, 3.63) is 44.1 Å². The predicted octanol–water partition coefficient (Wildman–Crippen LogP) is 3.88. The number of ether oxygens (including phenoxy) is 2. The van der Waals surface area contributed by atoms with Gasteiger partial charge in [0.05, 0.1) is 29.6 Å². The fourth-order valence-corrected chi connectivity index (χ4v) is 3.55. The first-order chi connectivity index (χ1) is 9.08. The van der Waals surface area contributed by atoms with Crippen LogP contribution >= 0.6 is 27.3 Å². The zero-order chi connectivity index (χ0) is 14.0. The molecule has 2 aromatic rings. The Labute approximate surface area is 125 Å². The molecule has 0 saturated carbocycles. The van der Waals surface area contributed by atoms with E-state index in [9.17, 15) is 0 Å². The second-order valence-electron chi connectivity index (χ2n) is 4.16. The monoisotopic (exact) mass is 341 g/mol. The molecule has 102 valence electrons. The zero-order valence-corrected chi connectivity index (χ0v) is 13.5. The van der Waals surface area contributed by atoms with E-state index in [1.807, 2.05) is 18.2 Å². The third-order valence-electron chi connectivity index (χ3n) is 2.96. The van der Waals surface area contributed by atoms with Crippen molar-refractivity contribution in [1.29, 1.82) is 0 Å². The Hall–Kier alpha value is -1.04. The van der Waals surface area contributed by atoms with Crippen LogP contribution in [0.2, 0.25) is 0 Å². The first-order valence-electron chi connectivity index (χ1n) is 5.80. The van der Waals surface area contributed by atoms with E-state index in [4.69, 9.17) is 15.2 Å². The van der Waals surface area contributed by atoms with Crippen LogP contribution in [0.1, 0.15) is 22.0 Å². The molecule has 2 N–H and O–H groups in total. The fraction of sp³-hybridized carbons (Fsp3) is 0.286. The van der Waals surface area contributed by atoms with Gasteiger partial charge in [0.25, 0.3) is 0 Å². The lowest BCUT2D eigenvalue weighted by Crippen LogP contribution is -2.13. The predicted molar refractivity (Wildman–Crippen MR) is 82.3 cm³/mol. The molecule has 1 aromatic carbocycles. The highest BCUT2D eigenvalue weighted by atomic mass is 79.9. The van der Waals surface area contributed by atoms with Gasteiger partial charge in [-0.2, -0.15) is 0 Å². The molecule has 1 unspecified atom stereocenters. The number of aryl methyl sites for hydroxylation is 1. The molecule has 0 aliphatic heterocycles. The van der Waals surface area contributed by atoms with E-state index in [1.165, 1.54) is 5.56 Å². The van der Waals surface area contributed by atoms with Gasteiger partial charge in [0.2, 0.25) is 0 Å². The van der Waals surface area contributed by atoms with Crippen LogP contribution < -0.4 is 15.2 Å². The number of hydrogen-bond donors (Lipinski definition) is 1. The highest BCUT2D eigenvalue weighted by Gasteiger charge is 2.21. The van der Waals surface area contributed by atoms with Gasteiger partial charge in [0.15, 0.2) is 0 Å². The minimum absolute atomic E-state index is 0.263. The summed E-state index contributed by atoms with van der Waals surface area (Å²) in [7, 11) is 3.28. The summed E-state index contributed by atoms with van der Waals surface area (Å²) in [6, 6.07) is 7.51. The molecule has 0 saturated heterocycles. The van der Waals surface area contributed by atoms with E-state index in [0.29, 0.717) is 0 Å². The van der Waals surface area contributed by atoms with Gasteiger partial charge in [0, 0.05) is 4.88 Å². The van der Waals surface area contributed by atoms with Crippen LogP contribution in [0.25, 0.3) is 0 Å². The van der Waals surface area contributed by atoms with Crippen molar-refractivity contribution < 1.29 is 9.47 Å². The number of methoxy groups -OCH3 is 2. The third kappa shape index (κ3) is 2.78. The molecule has 0 radical (unpaired) electrons. The van der Waals surface area contributed by atoms with Crippen LogP contribution in [0.15, 0.2) is 28.1 Å². The molecule has 0 aliphatic rings. The highest BCUT2D eigenvalue weighted by molar-refractivity contribution is 9.11. The second-order valence-corrected chi connectivity index (χ2v) is 6.56. The van der Waals surface area contributed by atoms with E-state index in [0.717, 1.165) is 25.7 Å². The van der Waals surface area contributed by atoms with Gasteiger partial charge in [-0.25, -0.2) is 0 Å². The fourth-order valence-electron chi connectivity index (χ4n) is 1.97. The van der Waals surface area contributed by atoms with E-state index >= 15 is 0 Å². The Morgan fingerprint density at radius 3 is 2.21 bits per heavy atom. The number of benzene rings is 1. The first-order valence-corrected chi connectivity index (χ1v) is 7.41. The Morgan fingerprint density at radius 2 is 1.79 bits per heavy atom. The molecule has 0 amide bonds. The summed E-state index contributed by atoms with van der Waals surface area (Å²) in [5.74, 6) is 1.49. The van der Waals surface area contributed by atoms with Gasteiger partial charge in [0.1, 0.15) is 11.5 Å². The summed E-state index contributed by atoms with van der Waals surface area (Å²) < 4.78 is 11.9. The largest absolute Gasteiger partial charge is 0.496 e. The number of rotatable bonds is 4. The molecule has 5 heteroatoms. The number of hydrogen-bond acceptors (Lipinski definition) is 4. The van der Waals surface area contributed by atoms with Gasteiger partial charge in [-0.15, -0.1) is 11.3 Å². The molecule has 19 heavy (non-hydrogen) atoms. The third-order valence-corrected chi connectivity index (χ3v) is 5.18. The van der Waals surface area contributed by atoms with Crippen molar-refractivity contribution in [3.63, 3.8) is 0 Å². The van der Waals surface area contributed by atoms with E-state index in [2.05, 4.69) is 28.9 Å². The number of halogens is 1.